The topological polar surface area (TPSA) is 55.0 Å². The van der Waals surface area contributed by atoms with Crippen LogP contribution in [0.1, 0.15) is 40.9 Å². The van der Waals surface area contributed by atoms with Gasteiger partial charge in [0.25, 0.3) is 0 Å². The molecule has 35 heavy (non-hydrogen) atoms. The summed E-state index contributed by atoms with van der Waals surface area (Å²) in [5.41, 5.74) is 7.48. The Morgan fingerprint density at radius 1 is 1.09 bits per heavy atom. The normalized spacial score (nSPS) is 13.8. The summed E-state index contributed by atoms with van der Waals surface area (Å²) >= 11 is 1.48. The van der Waals surface area contributed by atoms with E-state index in [2.05, 4.69) is 23.2 Å². The summed E-state index contributed by atoms with van der Waals surface area (Å²) in [6.07, 6.45) is 6.78. The molecule has 5 aromatic rings. The highest BCUT2D eigenvalue weighted by atomic mass is 32.1. The van der Waals surface area contributed by atoms with E-state index in [9.17, 15) is 9.18 Å². The maximum absolute atomic E-state index is 14.3. The quantitative estimate of drug-likeness (QED) is 0.264. The van der Waals surface area contributed by atoms with Gasteiger partial charge in [-0.05, 0) is 73.2 Å². The van der Waals surface area contributed by atoms with Crippen molar-refractivity contribution in [3.05, 3.63) is 83.0 Å². The molecule has 0 radical (unpaired) electrons. The van der Waals surface area contributed by atoms with Crippen molar-refractivity contribution < 1.29 is 13.9 Å². The monoisotopic (exact) mass is 482 g/mol. The highest BCUT2D eigenvalue weighted by Gasteiger charge is 2.22. The van der Waals surface area contributed by atoms with Crippen LogP contribution in [0.2, 0.25) is 0 Å². The first-order valence-corrected chi connectivity index (χ1v) is 12.5. The van der Waals surface area contributed by atoms with E-state index in [0.717, 1.165) is 51.6 Å². The first-order valence-electron chi connectivity index (χ1n) is 11.7. The Morgan fingerprint density at radius 3 is 2.77 bits per heavy atom. The Hall–Kier alpha value is -3.77. The molecule has 2 aromatic carbocycles. The molecule has 174 valence electrons. The lowest BCUT2D eigenvalue weighted by atomic mass is 9.92. The second kappa shape index (κ2) is 8.78. The van der Waals surface area contributed by atoms with Crippen molar-refractivity contribution in [1.29, 1.82) is 0 Å². The molecule has 1 aliphatic carbocycles. The molecular formula is C29H23FN2O2S. The van der Waals surface area contributed by atoms with Gasteiger partial charge >= 0.3 is 5.97 Å². The number of carbonyl (C=O) groups is 1. The van der Waals surface area contributed by atoms with Gasteiger partial charge in [-0.2, -0.15) is 0 Å². The Bertz CT molecular complexity index is 1630. The second-order valence-corrected chi connectivity index (χ2v) is 9.83. The summed E-state index contributed by atoms with van der Waals surface area (Å²) < 4.78 is 20.3. The van der Waals surface area contributed by atoms with Gasteiger partial charge in [0.1, 0.15) is 10.7 Å². The molecule has 0 amide bonds. The summed E-state index contributed by atoms with van der Waals surface area (Å²) in [5.74, 6) is -0.591. The molecule has 0 saturated carbocycles. The van der Waals surface area contributed by atoms with Crippen LogP contribution in [-0.4, -0.2) is 23.0 Å². The van der Waals surface area contributed by atoms with E-state index in [1.54, 1.807) is 12.1 Å². The smallest absolute Gasteiger partial charge is 0.348 e. The number of carbonyl (C=O) groups excluding carboxylic acids is 1. The van der Waals surface area contributed by atoms with Crippen molar-refractivity contribution in [3.8, 4) is 22.5 Å². The predicted molar refractivity (Wildman–Crippen MR) is 140 cm³/mol. The molecule has 3 aromatic heterocycles. The van der Waals surface area contributed by atoms with Crippen molar-refractivity contribution >= 4 is 44.0 Å². The number of fused-ring (bicyclic) bond motifs is 2. The van der Waals surface area contributed by atoms with E-state index in [1.807, 2.05) is 30.3 Å². The fourth-order valence-electron chi connectivity index (χ4n) is 4.87. The van der Waals surface area contributed by atoms with E-state index in [4.69, 9.17) is 9.72 Å². The first-order chi connectivity index (χ1) is 17.1. The standard InChI is InChI=1S/C29H23FN2O2S/c1-34-29(33)25-16-24-28(35-25)26(17-7-3-2-4-8-17)27(32-24)19-12-13-22-18(15-19)11-14-23(31-22)20-9-5-6-10-21(20)30/h5-7,9-16,32H,2-4,8H2,1H3. The number of aromatic amines is 1. The van der Waals surface area contributed by atoms with Gasteiger partial charge in [0.2, 0.25) is 0 Å². The molecule has 0 aliphatic heterocycles. The number of ether oxygens (including phenoxy) is 1. The molecule has 3 heterocycles. The average molecular weight is 483 g/mol. The number of nitrogens with one attached hydrogen (secondary N) is 1. The van der Waals surface area contributed by atoms with Crippen LogP contribution in [0.4, 0.5) is 4.39 Å². The number of benzene rings is 2. The third-order valence-electron chi connectivity index (χ3n) is 6.60. The summed E-state index contributed by atoms with van der Waals surface area (Å²) in [5, 5.41) is 0.986. The number of hydrogen-bond donors (Lipinski definition) is 1. The van der Waals surface area contributed by atoms with E-state index in [0.29, 0.717) is 16.1 Å². The number of H-pyrrole nitrogens is 1. The van der Waals surface area contributed by atoms with Gasteiger partial charge in [-0.1, -0.05) is 30.3 Å². The molecule has 0 fully saturated rings. The number of halogens is 1. The molecule has 0 bridgehead atoms. The number of allylic oxidation sites excluding steroid dienone is 2. The highest BCUT2D eigenvalue weighted by molar-refractivity contribution is 7.21. The molecular weight excluding hydrogens is 459 g/mol. The maximum atomic E-state index is 14.3. The maximum Gasteiger partial charge on any atom is 0.348 e. The van der Waals surface area contributed by atoms with E-state index in [-0.39, 0.29) is 11.8 Å². The van der Waals surface area contributed by atoms with Gasteiger partial charge in [0.15, 0.2) is 0 Å². The zero-order valence-corrected chi connectivity index (χ0v) is 20.0. The molecule has 4 nitrogen and oxygen atoms in total. The third kappa shape index (κ3) is 3.84. The van der Waals surface area contributed by atoms with E-state index >= 15 is 0 Å². The van der Waals surface area contributed by atoms with Crippen LogP contribution in [0, 0.1) is 5.82 Å². The zero-order valence-electron chi connectivity index (χ0n) is 19.2. The van der Waals surface area contributed by atoms with Crippen LogP contribution in [0.3, 0.4) is 0 Å². The molecule has 1 N–H and O–H groups in total. The molecule has 0 unspecified atom stereocenters. The fraction of sp³-hybridized carbons (Fsp3) is 0.172. The molecule has 0 saturated heterocycles. The van der Waals surface area contributed by atoms with Crippen LogP contribution >= 0.6 is 11.3 Å². The van der Waals surface area contributed by atoms with Crippen molar-refractivity contribution in [3.63, 3.8) is 0 Å². The number of methoxy groups -OCH3 is 1. The third-order valence-corrected chi connectivity index (χ3v) is 7.73. The van der Waals surface area contributed by atoms with Gasteiger partial charge < -0.3 is 9.72 Å². The number of nitrogens with zero attached hydrogens (tertiary/aromatic N) is 1. The highest BCUT2D eigenvalue weighted by Crippen LogP contribution is 2.43. The van der Waals surface area contributed by atoms with Crippen LogP contribution in [-0.2, 0) is 4.74 Å². The van der Waals surface area contributed by atoms with E-state index in [1.165, 1.54) is 42.1 Å². The summed E-state index contributed by atoms with van der Waals surface area (Å²) in [6, 6.07) is 18.6. The van der Waals surface area contributed by atoms with Gasteiger partial charge in [-0.25, -0.2) is 14.2 Å². The Kier molecular flexibility index (Phi) is 5.46. The largest absolute Gasteiger partial charge is 0.465 e. The van der Waals surface area contributed by atoms with Crippen LogP contribution in [0.5, 0.6) is 0 Å². The van der Waals surface area contributed by atoms with Crippen molar-refractivity contribution in [2.75, 3.05) is 7.11 Å². The lowest BCUT2D eigenvalue weighted by molar-refractivity contribution is 0.0606. The van der Waals surface area contributed by atoms with Crippen molar-refractivity contribution in [2.24, 2.45) is 0 Å². The Morgan fingerprint density at radius 2 is 1.97 bits per heavy atom. The molecule has 6 heteroatoms. The van der Waals surface area contributed by atoms with Crippen LogP contribution in [0.15, 0.2) is 66.7 Å². The predicted octanol–water partition coefficient (Wildman–Crippen LogP) is 7.99. The number of pyridine rings is 1. The second-order valence-electron chi connectivity index (χ2n) is 8.78. The minimum atomic E-state index is -0.313. The SMILES string of the molecule is COC(=O)c1cc2[nH]c(-c3ccc4nc(-c5ccccc5F)ccc4c3)c(C3=CCCCC3)c2s1. The van der Waals surface area contributed by atoms with E-state index < -0.39 is 0 Å². The fourth-order valence-corrected chi connectivity index (χ4v) is 5.99. The van der Waals surface area contributed by atoms with Crippen molar-refractivity contribution in [2.45, 2.75) is 25.7 Å². The summed E-state index contributed by atoms with van der Waals surface area (Å²) in [6.45, 7) is 0. The van der Waals surface area contributed by atoms with Gasteiger partial charge in [0.05, 0.1) is 34.2 Å². The minimum absolute atomic E-state index is 0.279. The summed E-state index contributed by atoms with van der Waals surface area (Å²) in [4.78, 5) is 21.0. The number of esters is 1. The van der Waals surface area contributed by atoms with Crippen LogP contribution in [0.25, 0.3) is 49.2 Å². The van der Waals surface area contributed by atoms with Crippen molar-refractivity contribution in [1.82, 2.24) is 9.97 Å². The first kappa shape index (κ1) is 21.7. The lowest BCUT2D eigenvalue weighted by Crippen LogP contribution is -1.97. The minimum Gasteiger partial charge on any atom is -0.465 e. The molecule has 0 atom stereocenters. The average Bonchev–Trinajstić information content (AvgIpc) is 3.47. The molecule has 6 rings (SSSR count). The lowest BCUT2D eigenvalue weighted by Gasteiger charge is -2.14. The number of aromatic nitrogens is 2. The number of thiophene rings is 1. The van der Waals surface area contributed by atoms with Gasteiger partial charge in [0, 0.05) is 16.5 Å². The van der Waals surface area contributed by atoms with Crippen LogP contribution < -0.4 is 0 Å². The summed E-state index contributed by atoms with van der Waals surface area (Å²) in [7, 11) is 1.41. The van der Waals surface area contributed by atoms with Gasteiger partial charge in [-0.15, -0.1) is 11.3 Å². The Balaban J connectivity index is 1.48. The zero-order chi connectivity index (χ0) is 23.9. The molecule has 1 aliphatic rings. The Labute approximate surface area is 206 Å². The number of rotatable bonds is 4. The molecule has 0 spiro atoms. The van der Waals surface area contributed by atoms with Gasteiger partial charge in [-0.3, -0.25) is 0 Å². The number of hydrogen-bond acceptors (Lipinski definition) is 4.